The predicted molar refractivity (Wildman–Crippen MR) is 106 cm³/mol. The number of amides is 1. The molecule has 2 aromatic heterocycles. The second-order valence-corrected chi connectivity index (χ2v) is 7.92. The van der Waals surface area contributed by atoms with Crippen molar-refractivity contribution >= 4 is 40.8 Å². The molecule has 1 amide bonds. The predicted octanol–water partition coefficient (Wildman–Crippen LogP) is 3.21. The first kappa shape index (κ1) is 19.9. The molecule has 0 spiro atoms. The van der Waals surface area contributed by atoms with Crippen molar-refractivity contribution in [2.24, 2.45) is 5.92 Å². The fourth-order valence-corrected chi connectivity index (χ4v) is 4.74. The van der Waals surface area contributed by atoms with Crippen LogP contribution >= 0.6 is 23.7 Å². The van der Waals surface area contributed by atoms with E-state index in [4.69, 9.17) is 0 Å². The smallest absolute Gasteiger partial charge is 0.354 e. The van der Waals surface area contributed by atoms with Gasteiger partial charge in [0.15, 0.2) is 5.13 Å². The standard InChI is InChI=1S/C18H22N4O3S.ClH/c1-25-17(24)14-7-11(8-19-14)15-9-26-18(21-15)22-16(23)6-10-4-12-2-3-13(5-10)20-12;/h7-10,12-13,19-20H,2-6H2,1H3,(H,21,22,23);1H. The minimum Gasteiger partial charge on any atom is -0.464 e. The maximum atomic E-state index is 12.4. The first-order valence-electron chi connectivity index (χ1n) is 8.89. The fourth-order valence-electron chi connectivity index (χ4n) is 4.01. The first-order chi connectivity index (χ1) is 12.6. The van der Waals surface area contributed by atoms with Gasteiger partial charge in [-0.05, 0) is 37.7 Å². The van der Waals surface area contributed by atoms with Gasteiger partial charge in [-0.15, -0.1) is 23.7 Å². The van der Waals surface area contributed by atoms with Gasteiger partial charge in [0.1, 0.15) is 5.69 Å². The third-order valence-corrected chi connectivity index (χ3v) is 5.94. The summed E-state index contributed by atoms with van der Waals surface area (Å²) in [6.45, 7) is 0. The zero-order valence-electron chi connectivity index (χ0n) is 15.0. The lowest BCUT2D eigenvalue weighted by molar-refractivity contribution is -0.117. The van der Waals surface area contributed by atoms with Crippen molar-refractivity contribution in [2.45, 2.75) is 44.2 Å². The Bertz CT molecular complexity index is 809. The summed E-state index contributed by atoms with van der Waals surface area (Å²) < 4.78 is 4.69. The van der Waals surface area contributed by atoms with Crippen molar-refractivity contribution < 1.29 is 14.3 Å². The normalized spacial score (nSPS) is 23.5. The SMILES string of the molecule is COC(=O)c1cc(-c2csc(NC(=O)CC3CC4CCC(C3)N4)n2)c[nH]1.Cl. The van der Waals surface area contributed by atoms with Crippen molar-refractivity contribution in [1.82, 2.24) is 15.3 Å². The second-order valence-electron chi connectivity index (χ2n) is 7.06. The molecule has 2 aromatic rings. The molecule has 27 heavy (non-hydrogen) atoms. The molecule has 3 N–H and O–H groups in total. The number of carbonyl (C=O) groups is 2. The topological polar surface area (TPSA) is 96.1 Å². The second kappa shape index (κ2) is 8.41. The van der Waals surface area contributed by atoms with Crippen LogP contribution in [0.15, 0.2) is 17.6 Å². The molecule has 0 radical (unpaired) electrons. The van der Waals surface area contributed by atoms with Gasteiger partial charge in [0.25, 0.3) is 0 Å². The van der Waals surface area contributed by atoms with E-state index in [-0.39, 0.29) is 18.3 Å². The Morgan fingerprint density at radius 1 is 1.33 bits per heavy atom. The largest absolute Gasteiger partial charge is 0.464 e. The van der Waals surface area contributed by atoms with E-state index in [0.29, 0.717) is 35.2 Å². The van der Waals surface area contributed by atoms with Crippen LogP contribution in [-0.4, -0.2) is 41.0 Å². The van der Waals surface area contributed by atoms with E-state index in [1.807, 2.05) is 5.38 Å². The molecule has 0 aromatic carbocycles. The Balaban J connectivity index is 0.00000210. The number of ether oxygens (including phenoxy) is 1. The van der Waals surface area contributed by atoms with Crippen LogP contribution < -0.4 is 10.6 Å². The molecule has 4 rings (SSSR count). The van der Waals surface area contributed by atoms with E-state index in [1.54, 1.807) is 12.3 Å². The van der Waals surface area contributed by atoms with E-state index in [9.17, 15) is 9.59 Å². The van der Waals surface area contributed by atoms with E-state index in [1.165, 1.54) is 31.3 Å². The lowest BCUT2D eigenvalue weighted by atomic mass is 9.89. The summed E-state index contributed by atoms with van der Waals surface area (Å²) in [6.07, 6.45) is 6.92. The van der Waals surface area contributed by atoms with Crippen LogP contribution in [0.25, 0.3) is 11.3 Å². The number of anilines is 1. The number of hydrogen-bond donors (Lipinski definition) is 3. The average molecular weight is 411 g/mol. The number of thiazole rings is 1. The molecule has 2 saturated heterocycles. The number of carbonyl (C=O) groups excluding carboxylic acids is 2. The van der Waals surface area contributed by atoms with E-state index >= 15 is 0 Å². The van der Waals surface area contributed by atoms with Gasteiger partial charge >= 0.3 is 5.97 Å². The summed E-state index contributed by atoms with van der Waals surface area (Å²) in [5.74, 6) is 0.0675. The Morgan fingerprint density at radius 3 is 2.78 bits per heavy atom. The molecule has 2 atom stereocenters. The van der Waals surface area contributed by atoms with Crippen LogP contribution in [-0.2, 0) is 9.53 Å². The Hall–Kier alpha value is -1.90. The highest BCUT2D eigenvalue weighted by atomic mass is 35.5. The number of aromatic nitrogens is 2. The van der Waals surface area contributed by atoms with Crippen molar-refractivity contribution in [2.75, 3.05) is 12.4 Å². The van der Waals surface area contributed by atoms with Crippen LogP contribution in [0.5, 0.6) is 0 Å². The van der Waals surface area contributed by atoms with Gasteiger partial charge in [0.2, 0.25) is 5.91 Å². The zero-order chi connectivity index (χ0) is 18.1. The van der Waals surface area contributed by atoms with Gasteiger partial charge in [0.05, 0.1) is 12.8 Å². The molecule has 0 saturated carbocycles. The van der Waals surface area contributed by atoms with Crippen molar-refractivity contribution in [3.63, 3.8) is 0 Å². The molecule has 146 valence electrons. The maximum absolute atomic E-state index is 12.4. The fraction of sp³-hybridized carbons (Fsp3) is 0.500. The number of nitrogens with one attached hydrogen (secondary N) is 3. The highest BCUT2D eigenvalue weighted by molar-refractivity contribution is 7.14. The maximum Gasteiger partial charge on any atom is 0.354 e. The highest BCUT2D eigenvalue weighted by Gasteiger charge is 2.34. The number of aromatic amines is 1. The molecule has 2 fully saturated rings. The van der Waals surface area contributed by atoms with Crippen LogP contribution in [0, 0.1) is 5.92 Å². The minimum absolute atomic E-state index is 0. The van der Waals surface area contributed by atoms with E-state index in [2.05, 4.69) is 25.3 Å². The van der Waals surface area contributed by atoms with Crippen LogP contribution in [0.1, 0.15) is 42.6 Å². The van der Waals surface area contributed by atoms with Gasteiger partial charge in [-0.25, -0.2) is 9.78 Å². The van der Waals surface area contributed by atoms with Crippen LogP contribution in [0.3, 0.4) is 0 Å². The summed E-state index contributed by atoms with van der Waals surface area (Å²) in [7, 11) is 1.34. The molecule has 2 bridgehead atoms. The lowest BCUT2D eigenvalue weighted by Crippen LogP contribution is -2.39. The molecular formula is C18H23ClN4O3S. The van der Waals surface area contributed by atoms with Gasteiger partial charge in [-0.2, -0.15) is 0 Å². The number of H-pyrrole nitrogens is 1. The van der Waals surface area contributed by atoms with Gasteiger partial charge in [-0.1, -0.05) is 0 Å². The number of piperidine rings is 1. The number of halogens is 1. The van der Waals surface area contributed by atoms with E-state index in [0.717, 1.165) is 24.1 Å². The van der Waals surface area contributed by atoms with Crippen LogP contribution in [0.2, 0.25) is 0 Å². The van der Waals surface area contributed by atoms with E-state index < -0.39 is 5.97 Å². The summed E-state index contributed by atoms with van der Waals surface area (Å²) in [6, 6.07) is 2.88. The molecule has 9 heteroatoms. The van der Waals surface area contributed by atoms with Crippen molar-refractivity contribution in [3.8, 4) is 11.3 Å². The molecule has 2 unspecified atom stereocenters. The quantitative estimate of drug-likeness (QED) is 0.658. The number of hydrogen-bond acceptors (Lipinski definition) is 6. The number of rotatable bonds is 5. The molecular weight excluding hydrogens is 388 g/mol. The third-order valence-electron chi connectivity index (χ3n) is 5.18. The molecule has 0 aliphatic carbocycles. The Labute approximate surface area is 167 Å². The van der Waals surface area contributed by atoms with Gasteiger partial charge < -0.3 is 20.4 Å². The average Bonchev–Trinajstić information content (AvgIpc) is 3.34. The molecule has 2 aliphatic heterocycles. The Kier molecular flexibility index (Phi) is 6.18. The first-order valence-corrected chi connectivity index (χ1v) is 9.77. The third kappa shape index (κ3) is 4.51. The number of fused-ring (bicyclic) bond motifs is 2. The molecule has 7 nitrogen and oxygen atoms in total. The summed E-state index contributed by atoms with van der Waals surface area (Å²) >= 11 is 1.39. The van der Waals surface area contributed by atoms with Gasteiger partial charge in [-0.3, -0.25) is 4.79 Å². The van der Waals surface area contributed by atoms with Crippen molar-refractivity contribution in [1.29, 1.82) is 0 Å². The lowest BCUT2D eigenvalue weighted by Gasteiger charge is -2.28. The highest BCUT2D eigenvalue weighted by Crippen LogP contribution is 2.33. The number of methoxy groups -OCH3 is 1. The molecule has 4 heterocycles. The van der Waals surface area contributed by atoms with Crippen molar-refractivity contribution in [3.05, 3.63) is 23.3 Å². The summed E-state index contributed by atoms with van der Waals surface area (Å²) in [4.78, 5) is 31.2. The monoisotopic (exact) mass is 410 g/mol. The minimum atomic E-state index is -0.420. The summed E-state index contributed by atoms with van der Waals surface area (Å²) in [5, 5.41) is 8.97. The Morgan fingerprint density at radius 2 is 2.07 bits per heavy atom. The molecule has 2 aliphatic rings. The number of esters is 1. The zero-order valence-corrected chi connectivity index (χ0v) is 16.6. The number of nitrogens with zero attached hydrogens (tertiary/aromatic N) is 1. The van der Waals surface area contributed by atoms with Crippen LogP contribution in [0.4, 0.5) is 5.13 Å². The summed E-state index contributed by atoms with van der Waals surface area (Å²) in [5.41, 5.74) is 1.88. The van der Waals surface area contributed by atoms with Gasteiger partial charge in [0, 0.05) is 35.6 Å².